The average molecular weight is 301 g/mol. The topological polar surface area (TPSA) is 64.3 Å². The Bertz CT molecular complexity index is 802. The smallest absolute Gasteiger partial charge is 0.178 e. The summed E-state index contributed by atoms with van der Waals surface area (Å²) in [7, 11) is 1.55. The number of nitrogens with zero attached hydrogens (tertiary/aromatic N) is 4. The fourth-order valence-corrected chi connectivity index (χ4v) is 2.19. The molecule has 6 nitrogen and oxygen atoms in total. The van der Waals surface area contributed by atoms with E-state index in [0.717, 1.165) is 11.4 Å². The molecule has 7 heteroatoms. The Morgan fingerprint density at radius 3 is 2.91 bits per heavy atom. The first-order valence-corrected chi connectivity index (χ1v) is 6.86. The van der Waals surface area contributed by atoms with Gasteiger partial charge in [0.1, 0.15) is 11.6 Å². The van der Waals surface area contributed by atoms with E-state index in [0.29, 0.717) is 23.6 Å². The first-order chi connectivity index (χ1) is 10.7. The maximum Gasteiger partial charge on any atom is 0.178 e. The third kappa shape index (κ3) is 2.89. The molecule has 0 amide bonds. The Kier molecular flexibility index (Phi) is 3.97. The molecule has 114 valence electrons. The van der Waals surface area contributed by atoms with Crippen LogP contribution in [0, 0.1) is 12.7 Å². The zero-order valence-electron chi connectivity index (χ0n) is 12.4. The number of nitrogens with one attached hydrogen (secondary N) is 1. The Hall–Kier alpha value is -2.54. The van der Waals surface area contributed by atoms with Gasteiger partial charge in [-0.2, -0.15) is 4.52 Å². The Labute approximate surface area is 126 Å². The van der Waals surface area contributed by atoms with Crippen LogP contribution >= 0.6 is 0 Å². The van der Waals surface area contributed by atoms with Crippen LogP contribution in [0.15, 0.2) is 30.3 Å². The summed E-state index contributed by atoms with van der Waals surface area (Å²) < 4.78 is 20.2. The van der Waals surface area contributed by atoms with Crippen LogP contribution in [0.3, 0.4) is 0 Å². The van der Waals surface area contributed by atoms with Gasteiger partial charge in [-0.3, -0.25) is 0 Å². The third-order valence-electron chi connectivity index (χ3n) is 3.30. The summed E-state index contributed by atoms with van der Waals surface area (Å²) >= 11 is 0. The molecule has 0 aliphatic heterocycles. The summed E-state index contributed by atoms with van der Waals surface area (Å²) in [6.45, 7) is 2.63. The van der Waals surface area contributed by atoms with Gasteiger partial charge >= 0.3 is 0 Å². The maximum atomic E-state index is 13.6. The molecule has 0 saturated carbocycles. The number of benzene rings is 1. The highest BCUT2D eigenvalue weighted by molar-refractivity contribution is 5.44. The molecule has 1 aromatic carbocycles. The molecule has 3 rings (SSSR count). The van der Waals surface area contributed by atoms with E-state index < -0.39 is 0 Å². The SMILES string of the molecule is COCc1cc(CNc2ccc3nnc(C)n3n2)ccc1F. The van der Waals surface area contributed by atoms with Crippen LogP contribution in [0.1, 0.15) is 17.0 Å². The largest absolute Gasteiger partial charge is 0.380 e. The number of halogens is 1. The van der Waals surface area contributed by atoms with Gasteiger partial charge in [0, 0.05) is 19.2 Å². The zero-order chi connectivity index (χ0) is 15.5. The summed E-state index contributed by atoms with van der Waals surface area (Å²) in [5.41, 5.74) is 2.20. The Balaban J connectivity index is 1.75. The maximum absolute atomic E-state index is 13.6. The summed E-state index contributed by atoms with van der Waals surface area (Å²) in [5.74, 6) is 1.17. The second-order valence-electron chi connectivity index (χ2n) is 4.95. The minimum absolute atomic E-state index is 0.254. The first kappa shape index (κ1) is 14.4. The van der Waals surface area contributed by atoms with E-state index in [4.69, 9.17) is 4.74 Å². The number of fused-ring (bicyclic) bond motifs is 1. The number of rotatable bonds is 5. The lowest BCUT2D eigenvalue weighted by Crippen LogP contribution is -2.05. The fraction of sp³-hybridized carbons (Fsp3) is 0.267. The van der Waals surface area contributed by atoms with Crippen molar-refractivity contribution in [1.29, 1.82) is 0 Å². The van der Waals surface area contributed by atoms with E-state index in [1.165, 1.54) is 6.07 Å². The van der Waals surface area contributed by atoms with Crippen molar-refractivity contribution < 1.29 is 9.13 Å². The van der Waals surface area contributed by atoms with Gasteiger partial charge in [-0.25, -0.2) is 4.39 Å². The molecule has 2 heterocycles. The normalized spacial score (nSPS) is 11.0. The van der Waals surface area contributed by atoms with Gasteiger partial charge in [0.2, 0.25) is 0 Å². The van der Waals surface area contributed by atoms with Crippen molar-refractivity contribution in [1.82, 2.24) is 19.8 Å². The lowest BCUT2D eigenvalue weighted by molar-refractivity contribution is 0.181. The number of hydrogen-bond acceptors (Lipinski definition) is 5. The molecular formula is C15H16FN5O. The van der Waals surface area contributed by atoms with Gasteiger partial charge < -0.3 is 10.1 Å². The third-order valence-corrected chi connectivity index (χ3v) is 3.30. The highest BCUT2D eigenvalue weighted by atomic mass is 19.1. The van der Waals surface area contributed by atoms with E-state index in [1.807, 2.05) is 19.1 Å². The molecule has 3 aromatic rings. The van der Waals surface area contributed by atoms with Crippen LogP contribution in [0.25, 0.3) is 5.65 Å². The van der Waals surface area contributed by atoms with Gasteiger partial charge in [0.15, 0.2) is 11.5 Å². The number of anilines is 1. The van der Waals surface area contributed by atoms with Crippen LogP contribution < -0.4 is 5.32 Å². The predicted molar refractivity (Wildman–Crippen MR) is 80.0 cm³/mol. The van der Waals surface area contributed by atoms with Crippen LogP contribution in [0.5, 0.6) is 0 Å². The molecule has 0 bridgehead atoms. The van der Waals surface area contributed by atoms with Crippen molar-refractivity contribution in [3.05, 3.63) is 53.1 Å². The minimum atomic E-state index is -0.259. The summed E-state index contributed by atoms with van der Waals surface area (Å²) in [6, 6.07) is 8.66. The van der Waals surface area contributed by atoms with Gasteiger partial charge in [-0.1, -0.05) is 6.07 Å². The van der Waals surface area contributed by atoms with E-state index in [9.17, 15) is 4.39 Å². The van der Waals surface area contributed by atoms with Crippen LogP contribution in [0.4, 0.5) is 10.2 Å². The van der Waals surface area contributed by atoms with Gasteiger partial charge in [-0.05, 0) is 36.8 Å². The summed E-state index contributed by atoms with van der Waals surface area (Å²) in [4.78, 5) is 0. The second kappa shape index (κ2) is 6.07. The van der Waals surface area contributed by atoms with Crippen LogP contribution in [-0.4, -0.2) is 26.9 Å². The number of aromatic nitrogens is 4. The van der Waals surface area contributed by atoms with Crippen LogP contribution in [-0.2, 0) is 17.9 Å². The van der Waals surface area contributed by atoms with Gasteiger partial charge in [0.05, 0.1) is 6.61 Å². The van der Waals surface area contributed by atoms with E-state index >= 15 is 0 Å². The van der Waals surface area contributed by atoms with E-state index in [1.54, 1.807) is 23.8 Å². The van der Waals surface area contributed by atoms with Crippen molar-refractivity contribution in [2.75, 3.05) is 12.4 Å². The highest BCUT2D eigenvalue weighted by Crippen LogP contribution is 2.13. The lowest BCUT2D eigenvalue weighted by atomic mass is 10.1. The molecule has 0 spiro atoms. The fourth-order valence-electron chi connectivity index (χ4n) is 2.19. The molecule has 2 aromatic heterocycles. The zero-order valence-corrected chi connectivity index (χ0v) is 12.4. The molecule has 0 fully saturated rings. The monoisotopic (exact) mass is 301 g/mol. The number of aryl methyl sites for hydroxylation is 1. The molecule has 0 aliphatic rings. The standard InChI is InChI=1S/C15H16FN5O/c1-10-18-19-15-6-5-14(20-21(10)15)17-8-11-3-4-13(16)12(7-11)9-22-2/h3-7H,8-9H2,1-2H3,(H,17,20). The molecule has 1 N–H and O–H groups in total. The van der Waals surface area contributed by atoms with Crippen molar-refractivity contribution in [3.8, 4) is 0 Å². The predicted octanol–water partition coefficient (Wildman–Crippen LogP) is 2.33. The highest BCUT2D eigenvalue weighted by Gasteiger charge is 2.05. The summed E-state index contributed by atoms with van der Waals surface area (Å²) in [5, 5.41) is 15.6. The number of ether oxygens (including phenoxy) is 1. The quantitative estimate of drug-likeness (QED) is 0.783. The lowest BCUT2D eigenvalue weighted by Gasteiger charge is -2.08. The molecule has 0 aliphatic carbocycles. The number of methoxy groups -OCH3 is 1. The molecular weight excluding hydrogens is 285 g/mol. The van der Waals surface area contributed by atoms with Crippen LogP contribution in [0.2, 0.25) is 0 Å². The van der Waals surface area contributed by atoms with E-state index in [2.05, 4.69) is 20.6 Å². The number of hydrogen-bond donors (Lipinski definition) is 1. The van der Waals surface area contributed by atoms with Crippen molar-refractivity contribution in [2.24, 2.45) is 0 Å². The summed E-state index contributed by atoms with van der Waals surface area (Å²) in [6.07, 6.45) is 0. The van der Waals surface area contributed by atoms with Gasteiger partial charge in [0.25, 0.3) is 0 Å². The van der Waals surface area contributed by atoms with E-state index in [-0.39, 0.29) is 12.4 Å². The molecule has 0 radical (unpaired) electrons. The Morgan fingerprint density at radius 2 is 2.09 bits per heavy atom. The van der Waals surface area contributed by atoms with Crippen molar-refractivity contribution >= 4 is 11.5 Å². The second-order valence-corrected chi connectivity index (χ2v) is 4.95. The molecule has 0 atom stereocenters. The first-order valence-electron chi connectivity index (χ1n) is 6.86. The van der Waals surface area contributed by atoms with Gasteiger partial charge in [-0.15, -0.1) is 15.3 Å². The molecule has 0 unspecified atom stereocenters. The average Bonchev–Trinajstić information content (AvgIpc) is 2.89. The molecule has 22 heavy (non-hydrogen) atoms. The van der Waals surface area contributed by atoms with Crippen molar-refractivity contribution in [2.45, 2.75) is 20.1 Å². The minimum Gasteiger partial charge on any atom is -0.380 e. The Morgan fingerprint density at radius 1 is 1.23 bits per heavy atom. The van der Waals surface area contributed by atoms with Crippen molar-refractivity contribution in [3.63, 3.8) is 0 Å². The molecule has 0 saturated heterocycles.